The SMILES string of the molecule is COc1cccc2c(NCCC(=O)N3CCN(C(C)=O)CC3)cc(C)nc12. The minimum absolute atomic E-state index is 0.0686. The summed E-state index contributed by atoms with van der Waals surface area (Å²) in [5, 5.41) is 4.34. The molecular formula is C20H26N4O3. The number of aromatic nitrogens is 1. The molecule has 2 aromatic rings. The summed E-state index contributed by atoms with van der Waals surface area (Å²) in [5.41, 5.74) is 2.65. The van der Waals surface area contributed by atoms with Gasteiger partial charge in [0.2, 0.25) is 11.8 Å². The lowest BCUT2D eigenvalue weighted by molar-refractivity contribution is -0.138. The number of amides is 2. The van der Waals surface area contributed by atoms with Crippen LogP contribution in [0.2, 0.25) is 0 Å². The van der Waals surface area contributed by atoms with Gasteiger partial charge in [-0.05, 0) is 19.1 Å². The molecule has 7 nitrogen and oxygen atoms in total. The Morgan fingerprint density at radius 1 is 1.19 bits per heavy atom. The highest BCUT2D eigenvalue weighted by Crippen LogP contribution is 2.29. The highest BCUT2D eigenvalue weighted by molar-refractivity contribution is 5.95. The molecule has 0 unspecified atom stereocenters. The van der Waals surface area contributed by atoms with Gasteiger partial charge in [-0.2, -0.15) is 0 Å². The molecule has 144 valence electrons. The van der Waals surface area contributed by atoms with E-state index in [2.05, 4.69) is 10.3 Å². The lowest BCUT2D eigenvalue weighted by Crippen LogP contribution is -2.50. The Balaban J connectivity index is 1.61. The summed E-state index contributed by atoms with van der Waals surface area (Å²) in [6, 6.07) is 7.80. The molecule has 27 heavy (non-hydrogen) atoms. The minimum atomic E-state index is 0.0686. The fourth-order valence-corrected chi connectivity index (χ4v) is 3.39. The van der Waals surface area contributed by atoms with E-state index in [0.29, 0.717) is 39.1 Å². The van der Waals surface area contributed by atoms with E-state index in [1.54, 1.807) is 18.9 Å². The van der Waals surface area contributed by atoms with Gasteiger partial charge >= 0.3 is 0 Å². The lowest BCUT2D eigenvalue weighted by Gasteiger charge is -2.34. The van der Waals surface area contributed by atoms with Crippen LogP contribution >= 0.6 is 0 Å². The summed E-state index contributed by atoms with van der Waals surface area (Å²) < 4.78 is 5.41. The number of hydrogen-bond acceptors (Lipinski definition) is 5. The molecule has 0 bridgehead atoms. The number of carbonyl (C=O) groups is 2. The second-order valence-corrected chi connectivity index (χ2v) is 6.73. The van der Waals surface area contributed by atoms with Gasteiger partial charge in [-0.25, -0.2) is 4.98 Å². The Kier molecular flexibility index (Phi) is 5.78. The van der Waals surface area contributed by atoms with Crippen LogP contribution in [-0.2, 0) is 9.59 Å². The summed E-state index contributed by atoms with van der Waals surface area (Å²) in [5.74, 6) is 0.913. The van der Waals surface area contributed by atoms with Crippen molar-refractivity contribution in [2.45, 2.75) is 20.3 Å². The van der Waals surface area contributed by atoms with Gasteiger partial charge < -0.3 is 19.9 Å². The van der Waals surface area contributed by atoms with E-state index in [-0.39, 0.29) is 11.8 Å². The molecule has 0 radical (unpaired) electrons. The van der Waals surface area contributed by atoms with E-state index in [1.807, 2.05) is 36.1 Å². The van der Waals surface area contributed by atoms with Crippen molar-refractivity contribution in [3.63, 3.8) is 0 Å². The molecule has 0 saturated carbocycles. The first kappa shape index (κ1) is 18.9. The molecule has 1 fully saturated rings. The average molecular weight is 370 g/mol. The average Bonchev–Trinajstić information content (AvgIpc) is 2.67. The molecule has 1 N–H and O–H groups in total. The third kappa shape index (κ3) is 4.30. The van der Waals surface area contributed by atoms with Crippen LogP contribution in [0, 0.1) is 6.92 Å². The number of hydrogen-bond donors (Lipinski definition) is 1. The van der Waals surface area contributed by atoms with Crippen LogP contribution in [-0.4, -0.2) is 66.4 Å². The number of nitrogens with zero attached hydrogens (tertiary/aromatic N) is 3. The molecule has 1 aromatic carbocycles. The number of rotatable bonds is 5. The molecule has 2 amide bonds. The van der Waals surface area contributed by atoms with E-state index in [4.69, 9.17) is 4.74 Å². The second-order valence-electron chi connectivity index (χ2n) is 6.73. The number of methoxy groups -OCH3 is 1. The Hall–Kier alpha value is -2.83. The Morgan fingerprint density at radius 2 is 1.89 bits per heavy atom. The van der Waals surface area contributed by atoms with Gasteiger partial charge in [-0.1, -0.05) is 12.1 Å². The predicted octanol–water partition coefficient (Wildman–Crippen LogP) is 2.04. The third-order valence-electron chi connectivity index (χ3n) is 4.88. The quantitative estimate of drug-likeness (QED) is 0.872. The molecule has 2 heterocycles. The van der Waals surface area contributed by atoms with Gasteiger partial charge in [-0.15, -0.1) is 0 Å². The van der Waals surface area contributed by atoms with E-state index in [0.717, 1.165) is 28.0 Å². The highest BCUT2D eigenvalue weighted by Gasteiger charge is 2.21. The van der Waals surface area contributed by atoms with Crippen molar-refractivity contribution in [2.75, 3.05) is 45.2 Å². The van der Waals surface area contributed by atoms with Crippen molar-refractivity contribution >= 4 is 28.4 Å². The first-order chi connectivity index (χ1) is 13.0. The Bertz CT molecular complexity index is 844. The van der Waals surface area contributed by atoms with Gasteiger partial charge in [-0.3, -0.25) is 9.59 Å². The zero-order valence-corrected chi connectivity index (χ0v) is 16.1. The Morgan fingerprint density at radius 3 is 2.56 bits per heavy atom. The zero-order chi connectivity index (χ0) is 19.4. The number of anilines is 1. The van der Waals surface area contributed by atoms with Gasteiger partial charge in [0.05, 0.1) is 7.11 Å². The summed E-state index contributed by atoms with van der Waals surface area (Å²) in [6.45, 7) is 6.49. The normalized spacial score (nSPS) is 14.3. The van der Waals surface area contributed by atoms with Crippen molar-refractivity contribution in [1.29, 1.82) is 0 Å². The second kappa shape index (κ2) is 8.24. The molecular weight excluding hydrogens is 344 g/mol. The standard InChI is InChI=1S/C20H26N4O3/c1-14-13-17(16-5-4-6-18(27-3)20(16)22-14)21-8-7-19(26)24-11-9-23(10-12-24)15(2)25/h4-6,13H,7-12H2,1-3H3,(H,21,22). The zero-order valence-electron chi connectivity index (χ0n) is 16.1. The number of aryl methyl sites for hydroxylation is 1. The molecule has 1 aliphatic rings. The number of fused-ring (bicyclic) bond motifs is 1. The first-order valence-corrected chi connectivity index (χ1v) is 9.21. The van der Waals surface area contributed by atoms with Gasteiger partial charge in [0, 0.05) is 62.8 Å². The third-order valence-corrected chi connectivity index (χ3v) is 4.88. The lowest BCUT2D eigenvalue weighted by atomic mass is 10.1. The topological polar surface area (TPSA) is 74.8 Å². The number of para-hydroxylation sites is 1. The van der Waals surface area contributed by atoms with Crippen molar-refractivity contribution < 1.29 is 14.3 Å². The molecule has 1 aromatic heterocycles. The fraction of sp³-hybridized carbons (Fsp3) is 0.450. The van der Waals surface area contributed by atoms with E-state index in [1.165, 1.54) is 0 Å². The number of benzene rings is 1. The molecule has 0 atom stereocenters. The van der Waals surface area contributed by atoms with Crippen LogP contribution in [0.3, 0.4) is 0 Å². The van der Waals surface area contributed by atoms with Crippen LogP contribution in [0.15, 0.2) is 24.3 Å². The number of carbonyl (C=O) groups excluding carboxylic acids is 2. The van der Waals surface area contributed by atoms with Crippen LogP contribution in [0.1, 0.15) is 19.0 Å². The summed E-state index contributed by atoms with van der Waals surface area (Å²) >= 11 is 0. The monoisotopic (exact) mass is 370 g/mol. The van der Waals surface area contributed by atoms with Gasteiger partial charge in [0.15, 0.2) is 0 Å². The van der Waals surface area contributed by atoms with Crippen LogP contribution < -0.4 is 10.1 Å². The van der Waals surface area contributed by atoms with E-state index >= 15 is 0 Å². The molecule has 1 saturated heterocycles. The van der Waals surface area contributed by atoms with Crippen molar-refractivity contribution in [3.8, 4) is 5.75 Å². The van der Waals surface area contributed by atoms with Crippen LogP contribution in [0.25, 0.3) is 10.9 Å². The molecule has 0 spiro atoms. The van der Waals surface area contributed by atoms with E-state index < -0.39 is 0 Å². The molecule has 0 aliphatic carbocycles. The minimum Gasteiger partial charge on any atom is -0.494 e. The van der Waals surface area contributed by atoms with Crippen molar-refractivity contribution in [3.05, 3.63) is 30.0 Å². The number of ether oxygens (including phenoxy) is 1. The number of nitrogens with one attached hydrogen (secondary N) is 1. The van der Waals surface area contributed by atoms with Crippen molar-refractivity contribution in [1.82, 2.24) is 14.8 Å². The maximum atomic E-state index is 12.4. The Labute approximate surface area is 159 Å². The summed E-state index contributed by atoms with van der Waals surface area (Å²) in [7, 11) is 1.64. The molecule has 1 aliphatic heterocycles. The maximum absolute atomic E-state index is 12.4. The van der Waals surface area contributed by atoms with Crippen LogP contribution in [0.4, 0.5) is 5.69 Å². The number of piperazine rings is 1. The first-order valence-electron chi connectivity index (χ1n) is 9.21. The van der Waals surface area contributed by atoms with Crippen molar-refractivity contribution in [2.24, 2.45) is 0 Å². The molecule has 3 rings (SSSR count). The highest BCUT2D eigenvalue weighted by atomic mass is 16.5. The summed E-state index contributed by atoms with van der Waals surface area (Å²) in [4.78, 5) is 32.0. The molecule has 7 heteroatoms. The summed E-state index contributed by atoms with van der Waals surface area (Å²) in [6.07, 6.45) is 0.410. The maximum Gasteiger partial charge on any atom is 0.224 e. The number of pyridine rings is 1. The van der Waals surface area contributed by atoms with E-state index in [9.17, 15) is 9.59 Å². The van der Waals surface area contributed by atoms with Gasteiger partial charge in [0.1, 0.15) is 11.3 Å². The van der Waals surface area contributed by atoms with Crippen LogP contribution in [0.5, 0.6) is 5.75 Å². The smallest absolute Gasteiger partial charge is 0.224 e. The predicted molar refractivity (Wildman–Crippen MR) is 105 cm³/mol. The van der Waals surface area contributed by atoms with Gasteiger partial charge in [0.25, 0.3) is 0 Å². The largest absolute Gasteiger partial charge is 0.494 e. The fourth-order valence-electron chi connectivity index (χ4n) is 3.39.